The number of halogens is 1. The van der Waals surface area contributed by atoms with Gasteiger partial charge in [0.1, 0.15) is 5.82 Å². The van der Waals surface area contributed by atoms with E-state index in [1.807, 2.05) is 11.6 Å². The molecule has 0 amide bonds. The summed E-state index contributed by atoms with van der Waals surface area (Å²) in [4.78, 5) is 0. The highest BCUT2D eigenvalue weighted by Crippen LogP contribution is 2.33. The summed E-state index contributed by atoms with van der Waals surface area (Å²) >= 11 is 1.54. The first-order valence-corrected chi connectivity index (χ1v) is 8.56. The van der Waals surface area contributed by atoms with Crippen molar-refractivity contribution in [3.63, 3.8) is 0 Å². The Morgan fingerprint density at radius 2 is 1.86 bits per heavy atom. The van der Waals surface area contributed by atoms with Crippen LogP contribution in [0.5, 0.6) is 0 Å². The third-order valence-electron chi connectivity index (χ3n) is 4.19. The maximum atomic E-state index is 13.0. The zero-order valence-electron chi connectivity index (χ0n) is 12.6. The molecule has 0 bridgehead atoms. The molecule has 1 aromatic heterocycles. The van der Waals surface area contributed by atoms with Crippen molar-refractivity contribution in [1.82, 2.24) is 14.8 Å². The molecule has 0 spiro atoms. The standard InChI is InChI=1S/C16H20FN3OS/c1-20-14(12-5-7-13(17)8-6-12)18-19-15(20)22-11-16(21)9-3-2-4-10-16/h5-8,21H,2-4,9-11H2,1H3. The van der Waals surface area contributed by atoms with Gasteiger partial charge in [-0.05, 0) is 37.1 Å². The summed E-state index contributed by atoms with van der Waals surface area (Å²) in [6.45, 7) is 0. The molecule has 2 aromatic rings. The van der Waals surface area contributed by atoms with Crippen molar-refractivity contribution >= 4 is 11.8 Å². The van der Waals surface area contributed by atoms with Crippen molar-refractivity contribution in [3.8, 4) is 11.4 Å². The average molecular weight is 321 g/mol. The maximum Gasteiger partial charge on any atom is 0.191 e. The van der Waals surface area contributed by atoms with Crippen molar-refractivity contribution in [2.24, 2.45) is 7.05 Å². The molecule has 6 heteroatoms. The van der Waals surface area contributed by atoms with Gasteiger partial charge in [0.25, 0.3) is 0 Å². The number of rotatable bonds is 4. The lowest BCUT2D eigenvalue weighted by molar-refractivity contribution is 0.0272. The van der Waals surface area contributed by atoms with Crippen LogP contribution in [0.1, 0.15) is 32.1 Å². The first-order valence-electron chi connectivity index (χ1n) is 7.58. The highest BCUT2D eigenvalue weighted by Gasteiger charge is 2.30. The molecule has 0 radical (unpaired) electrons. The Labute approximate surface area is 133 Å². The molecular weight excluding hydrogens is 301 g/mol. The summed E-state index contributed by atoms with van der Waals surface area (Å²) in [5.74, 6) is 1.08. The van der Waals surface area contributed by atoms with Crippen LogP contribution in [0.15, 0.2) is 29.4 Å². The highest BCUT2D eigenvalue weighted by atomic mass is 32.2. The van der Waals surface area contributed by atoms with Crippen LogP contribution in [0.2, 0.25) is 0 Å². The summed E-state index contributed by atoms with van der Waals surface area (Å²) in [6.07, 6.45) is 5.13. The lowest BCUT2D eigenvalue weighted by Gasteiger charge is -2.31. The molecule has 1 saturated carbocycles. The Morgan fingerprint density at radius 3 is 2.55 bits per heavy atom. The van der Waals surface area contributed by atoms with Gasteiger partial charge in [-0.3, -0.25) is 0 Å². The lowest BCUT2D eigenvalue weighted by atomic mass is 9.86. The Morgan fingerprint density at radius 1 is 1.18 bits per heavy atom. The predicted octanol–water partition coefficient (Wildman–Crippen LogP) is 3.41. The fourth-order valence-electron chi connectivity index (χ4n) is 2.84. The smallest absolute Gasteiger partial charge is 0.191 e. The molecule has 1 N–H and O–H groups in total. The molecule has 1 aliphatic rings. The fourth-order valence-corrected chi connectivity index (χ4v) is 3.91. The van der Waals surface area contributed by atoms with Gasteiger partial charge in [0.15, 0.2) is 11.0 Å². The Hall–Kier alpha value is -1.40. The average Bonchev–Trinajstić information content (AvgIpc) is 2.88. The van der Waals surface area contributed by atoms with Crippen LogP contribution in [0.25, 0.3) is 11.4 Å². The van der Waals surface area contributed by atoms with Gasteiger partial charge in [-0.2, -0.15) is 0 Å². The minimum atomic E-state index is -0.578. The molecule has 1 heterocycles. The third-order valence-corrected chi connectivity index (χ3v) is 5.49. The van der Waals surface area contributed by atoms with Gasteiger partial charge >= 0.3 is 0 Å². The minimum absolute atomic E-state index is 0.264. The first-order chi connectivity index (χ1) is 10.6. The molecule has 1 aromatic carbocycles. The second-order valence-corrected chi connectivity index (χ2v) is 6.89. The van der Waals surface area contributed by atoms with Crippen molar-refractivity contribution in [1.29, 1.82) is 0 Å². The van der Waals surface area contributed by atoms with Crippen LogP contribution in [0, 0.1) is 5.82 Å². The van der Waals surface area contributed by atoms with Gasteiger partial charge in [-0.1, -0.05) is 31.0 Å². The van der Waals surface area contributed by atoms with Gasteiger partial charge in [0, 0.05) is 18.4 Å². The Kier molecular flexibility index (Phi) is 4.49. The van der Waals surface area contributed by atoms with Gasteiger partial charge in [0.2, 0.25) is 0 Å². The molecule has 4 nitrogen and oxygen atoms in total. The summed E-state index contributed by atoms with van der Waals surface area (Å²) in [5, 5.41) is 19.7. The summed E-state index contributed by atoms with van der Waals surface area (Å²) < 4.78 is 14.9. The van der Waals surface area contributed by atoms with E-state index < -0.39 is 5.60 Å². The van der Waals surface area contributed by atoms with Crippen molar-refractivity contribution in [2.45, 2.75) is 42.9 Å². The van der Waals surface area contributed by atoms with Crippen LogP contribution in [-0.4, -0.2) is 31.2 Å². The molecule has 0 atom stereocenters. The number of hydrogen-bond donors (Lipinski definition) is 1. The summed E-state index contributed by atoms with van der Waals surface area (Å²) in [7, 11) is 1.89. The number of hydrogen-bond acceptors (Lipinski definition) is 4. The predicted molar refractivity (Wildman–Crippen MR) is 85.2 cm³/mol. The zero-order valence-corrected chi connectivity index (χ0v) is 13.4. The molecule has 1 aliphatic carbocycles. The molecule has 0 unspecified atom stereocenters. The van der Waals surface area contributed by atoms with Crippen LogP contribution >= 0.6 is 11.8 Å². The van der Waals surface area contributed by atoms with Crippen LogP contribution in [-0.2, 0) is 7.05 Å². The van der Waals surface area contributed by atoms with E-state index >= 15 is 0 Å². The summed E-state index contributed by atoms with van der Waals surface area (Å²) in [6, 6.07) is 6.23. The number of benzene rings is 1. The van der Waals surface area contributed by atoms with E-state index in [-0.39, 0.29) is 5.82 Å². The van der Waals surface area contributed by atoms with Gasteiger partial charge in [0.05, 0.1) is 5.60 Å². The second kappa shape index (κ2) is 6.38. The fraction of sp³-hybridized carbons (Fsp3) is 0.500. The quantitative estimate of drug-likeness (QED) is 0.877. The van der Waals surface area contributed by atoms with Gasteiger partial charge in [-0.15, -0.1) is 10.2 Å². The van der Waals surface area contributed by atoms with Crippen LogP contribution < -0.4 is 0 Å². The summed E-state index contributed by atoms with van der Waals surface area (Å²) in [5.41, 5.74) is 0.255. The number of nitrogens with zero attached hydrogens (tertiary/aromatic N) is 3. The molecule has 22 heavy (non-hydrogen) atoms. The Bertz CT molecular complexity index is 635. The molecule has 3 rings (SSSR count). The molecule has 0 saturated heterocycles. The van der Waals surface area contributed by atoms with E-state index in [2.05, 4.69) is 10.2 Å². The molecule has 118 valence electrons. The number of thioether (sulfide) groups is 1. The maximum absolute atomic E-state index is 13.0. The molecular formula is C16H20FN3OS. The lowest BCUT2D eigenvalue weighted by Crippen LogP contribution is -2.34. The number of aromatic nitrogens is 3. The highest BCUT2D eigenvalue weighted by molar-refractivity contribution is 7.99. The van der Waals surface area contributed by atoms with Crippen LogP contribution in [0.4, 0.5) is 4.39 Å². The minimum Gasteiger partial charge on any atom is -0.389 e. The van der Waals surface area contributed by atoms with E-state index in [4.69, 9.17) is 0 Å². The van der Waals surface area contributed by atoms with E-state index in [0.717, 1.165) is 36.4 Å². The largest absolute Gasteiger partial charge is 0.389 e. The number of aliphatic hydroxyl groups is 1. The van der Waals surface area contributed by atoms with E-state index in [0.29, 0.717) is 11.6 Å². The monoisotopic (exact) mass is 321 g/mol. The topological polar surface area (TPSA) is 50.9 Å². The van der Waals surface area contributed by atoms with Crippen LogP contribution in [0.3, 0.4) is 0 Å². The zero-order chi connectivity index (χ0) is 15.6. The Balaban J connectivity index is 1.72. The second-order valence-electron chi connectivity index (χ2n) is 5.95. The van der Waals surface area contributed by atoms with Crippen molar-refractivity contribution in [3.05, 3.63) is 30.1 Å². The first kappa shape index (κ1) is 15.5. The van der Waals surface area contributed by atoms with E-state index in [1.54, 1.807) is 12.1 Å². The normalized spacial score (nSPS) is 17.6. The van der Waals surface area contributed by atoms with Crippen molar-refractivity contribution < 1.29 is 9.50 Å². The van der Waals surface area contributed by atoms with Gasteiger partial charge < -0.3 is 9.67 Å². The SMILES string of the molecule is Cn1c(SCC2(O)CCCCC2)nnc1-c1ccc(F)cc1. The van der Waals surface area contributed by atoms with E-state index in [9.17, 15) is 9.50 Å². The van der Waals surface area contributed by atoms with Crippen molar-refractivity contribution in [2.75, 3.05) is 5.75 Å². The molecule has 0 aliphatic heterocycles. The third kappa shape index (κ3) is 3.33. The van der Waals surface area contributed by atoms with E-state index in [1.165, 1.54) is 30.3 Å². The van der Waals surface area contributed by atoms with Gasteiger partial charge in [-0.25, -0.2) is 4.39 Å². The molecule has 1 fully saturated rings.